The second kappa shape index (κ2) is 10.7. The average molecular weight is 500 g/mol. The minimum atomic E-state index is -2.56. The van der Waals surface area contributed by atoms with E-state index in [1.165, 1.54) is 13.1 Å². The van der Waals surface area contributed by atoms with Crippen LogP contribution in [0.5, 0.6) is 0 Å². The molecule has 0 radical (unpaired) electrons. The molecule has 2 heterocycles. The fourth-order valence-corrected chi connectivity index (χ4v) is 4.45. The number of aromatic nitrogens is 2. The van der Waals surface area contributed by atoms with E-state index in [1.54, 1.807) is 13.8 Å². The van der Waals surface area contributed by atoms with Gasteiger partial charge < -0.3 is 14.9 Å². The van der Waals surface area contributed by atoms with Crippen LogP contribution in [-0.2, 0) is 23.1 Å². The van der Waals surface area contributed by atoms with E-state index in [9.17, 15) is 24.1 Å². The highest BCUT2D eigenvalue weighted by molar-refractivity contribution is 8.13. The summed E-state index contributed by atoms with van der Waals surface area (Å²) < 4.78 is 28.7. The van der Waals surface area contributed by atoms with Crippen molar-refractivity contribution in [3.05, 3.63) is 33.1 Å². The Morgan fingerprint density at radius 2 is 2.13 bits per heavy atom. The second-order valence-electron chi connectivity index (χ2n) is 7.67. The highest BCUT2D eigenvalue weighted by atomic mass is 35.5. The molecule has 0 amide bonds. The number of rotatable bonds is 10. The molecule has 0 spiro atoms. The molecular formula is C17H25ClN2O9PS+. The monoisotopic (exact) mass is 499 g/mol. The van der Waals surface area contributed by atoms with Crippen molar-refractivity contribution >= 4 is 36.7 Å². The lowest BCUT2D eigenvalue weighted by Gasteiger charge is -2.26. The maximum atomic E-state index is 12.0. The van der Waals surface area contributed by atoms with Crippen molar-refractivity contribution in [2.24, 2.45) is 5.41 Å². The van der Waals surface area contributed by atoms with Gasteiger partial charge in [-0.1, -0.05) is 11.8 Å². The third-order valence-electron chi connectivity index (χ3n) is 4.63. The van der Waals surface area contributed by atoms with Crippen molar-refractivity contribution in [3.8, 4) is 0 Å². The lowest BCUT2D eigenvalue weighted by molar-refractivity contribution is -0.119. The second-order valence-corrected chi connectivity index (χ2v) is 10.5. The summed E-state index contributed by atoms with van der Waals surface area (Å²) in [4.78, 5) is 35.8. The molecule has 5 atom stereocenters. The van der Waals surface area contributed by atoms with E-state index in [2.05, 4.69) is 4.98 Å². The van der Waals surface area contributed by atoms with Crippen LogP contribution in [0.4, 0.5) is 0 Å². The van der Waals surface area contributed by atoms with E-state index in [4.69, 9.17) is 30.5 Å². The van der Waals surface area contributed by atoms with Crippen molar-refractivity contribution in [2.45, 2.75) is 44.1 Å². The van der Waals surface area contributed by atoms with Crippen LogP contribution < -0.4 is 11.2 Å². The molecule has 1 fully saturated rings. The number of nitrogens with zero attached hydrogens (tertiary/aromatic N) is 1. The topological polar surface area (TPSA) is 157 Å². The normalized spacial score (nSPS) is 26.8. The van der Waals surface area contributed by atoms with Crippen LogP contribution in [0.1, 0.15) is 27.0 Å². The van der Waals surface area contributed by atoms with E-state index in [0.29, 0.717) is 0 Å². The van der Waals surface area contributed by atoms with Crippen molar-refractivity contribution in [1.29, 1.82) is 0 Å². The highest BCUT2D eigenvalue weighted by Gasteiger charge is 2.54. The largest absolute Gasteiger partial charge is 0.697 e. The number of aliphatic hydroxyl groups is 2. The molecule has 0 saturated carbocycles. The number of H-pyrrole nitrogens is 1. The summed E-state index contributed by atoms with van der Waals surface area (Å²) >= 11 is 7.33. The van der Waals surface area contributed by atoms with Gasteiger partial charge in [0, 0.05) is 22.6 Å². The van der Waals surface area contributed by atoms with Gasteiger partial charge in [-0.15, -0.1) is 20.6 Å². The van der Waals surface area contributed by atoms with Gasteiger partial charge in [0.05, 0.1) is 12.0 Å². The molecule has 1 aromatic rings. The van der Waals surface area contributed by atoms with Crippen LogP contribution >= 0.6 is 31.6 Å². The number of carbonyl (C=O) groups excluding carboxylic acids is 1. The summed E-state index contributed by atoms with van der Waals surface area (Å²) in [6, 6.07) is 1.11. The average Bonchev–Trinajstić information content (AvgIpc) is 2.92. The Balaban J connectivity index is 1.85. The number of ether oxygens (including phenoxy) is 1. The van der Waals surface area contributed by atoms with Gasteiger partial charge in [-0.3, -0.25) is 19.1 Å². The van der Waals surface area contributed by atoms with Crippen LogP contribution in [0.2, 0.25) is 0 Å². The zero-order chi connectivity index (χ0) is 23.4. The molecule has 14 heteroatoms. The van der Waals surface area contributed by atoms with Gasteiger partial charge in [0.15, 0.2) is 11.3 Å². The smallest absolute Gasteiger partial charge is 0.395 e. The molecule has 1 unspecified atom stereocenters. The third kappa shape index (κ3) is 6.45. The van der Waals surface area contributed by atoms with Crippen LogP contribution in [0, 0.1) is 5.41 Å². The first kappa shape index (κ1) is 26.1. The van der Waals surface area contributed by atoms with Crippen molar-refractivity contribution in [1.82, 2.24) is 9.55 Å². The summed E-state index contributed by atoms with van der Waals surface area (Å²) in [5.74, 6) is 0.214. The van der Waals surface area contributed by atoms with E-state index in [0.717, 1.165) is 22.4 Å². The van der Waals surface area contributed by atoms with E-state index in [1.807, 2.05) is 0 Å². The SMILES string of the molecule is CC(C)(CO)C(=O)SCCO[P+](=O)OC[C@H]1O[C@@H](n2ccc(=O)[nH]c2=O)[C@](C)(Cl)[C@@H]1O. The van der Waals surface area contributed by atoms with Gasteiger partial charge in [0.25, 0.3) is 5.56 Å². The molecule has 1 saturated heterocycles. The first-order chi connectivity index (χ1) is 14.4. The van der Waals surface area contributed by atoms with E-state index < -0.39 is 48.2 Å². The van der Waals surface area contributed by atoms with Gasteiger partial charge in [-0.2, -0.15) is 0 Å². The maximum absolute atomic E-state index is 12.0. The molecule has 1 aromatic heterocycles. The molecule has 0 aliphatic carbocycles. The van der Waals surface area contributed by atoms with Crippen molar-refractivity contribution in [2.75, 3.05) is 25.6 Å². The van der Waals surface area contributed by atoms with Crippen LogP contribution in [0.3, 0.4) is 0 Å². The number of thioether (sulfide) groups is 1. The van der Waals surface area contributed by atoms with E-state index >= 15 is 0 Å². The Morgan fingerprint density at radius 1 is 1.45 bits per heavy atom. The number of halogens is 1. The lowest BCUT2D eigenvalue weighted by Crippen LogP contribution is -2.42. The zero-order valence-corrected chi connectivity index (χ0v) is 19.6. The standard InChI is InChI=1S/C17H24ClN2O9PS/c1-16(2,9-21)14(24)31-7-6-27-30(26)28-8-10-12(23)17(3,18)13(29-10)20-5-4-11(22)19-15(20)25/h4-5,10,12-13,21,23H,6-9H2,1-3H3/p+1/t10-,12-,13-,17-/m1/s1. The molecule has 1 aliphatic rings. The molecule has 174 valence electrons. The minimum Gasteiger partial charge on any atom is -0.395 e. The molecular weight excluding hydrogens is 475 g/mol. The Kier molecular flexibility index (Phi) is 9.00. The summed E-state index contributed by atoms with van der Waals surface area (Å²) in [7, 11) is -2.56. The van der Waals surface area contributed by atoms with Gasteiger partial charge in [0.2, 0.25) is 0 Å². The zero-order valence-electron chi connectivity index (χ0n) is 17.1. The van der Waals surface area contributed by atoms with Gasteiger partial charge in [-0.25, -0.2) is 4.79 Å². The van der Waals surface area contributed by atoms with Crippen LogP contribution in [0.25, 0.3) is 0 Å². The molecule has 0 aromatic carbocycles. The number of hydrogen-bond acceptors (Lipinski definition) is 10. The van der Waals surface area contributed by atoms with Crippen LogP contribution in [0.15, 0.2) is 21.9 Å². The van der Waals surface area contributed by atoms with Gasteiger partial charge in [-0.05, 0) is 20.8 Å². The van der Waals surface area contributed by atoms with Gasteiger partial charge >= 0.3 is 13.9 Å². The molecule has 11 nitrogen and oxygen atoms in total. The summed E-state index contributed by atoms with van der Waals surface area (Å²) in [5.41, 5.74) is -2.23. The number of nitrogens with one attached hydrogen (secondary N) is 1. The Labute approximate surface area is 188 Å². The van der Waals surface area contributed by atoms with Crippen LogP contribution in [-0.4, -0.2) is 67.5 Å². The van der Waals surface area contributed by atoms with Crippen molar-refractivity contribution < 1.29 is 33.4 Å². The number of alkyl halides is 1. The lowest BCUT2D eigenvalue weighted by atomic mass is 9.97. The Bertz CT molecular complexity index is 919. The maximum Gasteiger partial charge on any atom is 0.697 e. The number of carbonyl (C=O) groups is 1. The first-order valence-corrected chi connectivity index (χ1v) is 11.7. The molecule has 1 aliphatic heterocycles. The molecule has 3 N–H and O–H groups in total. The highest BCUT2D eigenvalue weighted by Crippen LogP contribution is 2.43. The number of hydrogen-bond donors (Lipinski definition) is 3. The van der Waals surface area contributed by atoms with Crippen molar-refractivity contribution in [3.63, 3.8) is 0 Å². The quantitative estimate of drug-likeness (QED) is 0.238. The number of aliphatic hydroxyl groups excluding tert-OH is 2. The summed E-state index contributed by atoms with van der Waals surface area (Å²) in [6.45, 7) is 4.02. The first-order valence-electron chi connectivity index (χ1n) is 9.25. The van der Waals surface area contributed by atoms with Gasteiger partial charge in [0.1, 0.15) is 30.3 Å². The Morgan fingerprint density at radius 3 is 2.74 bits per heavy atom. The predicted molar refractivity (Wildman–Crippen MR) is 113 cm³/mol. The molecule has 0 bridgehead atoms. The molecule has 2 rings (SSSR count). The fraction of sp³-hybridized carbons (Fsp3) is 0.706. The number of aromatic amines is 1. The molecule has 31 heavy (non-hydrogen) atoms. The Hall–Kier alpha value is -1.11. The fourth-order valence-electron chi connectivity index (χ4n) is 2.64. The summed E-state index contributed by atoms with van der Waals surface area (Å²) in [5, 5.41) is 19.4. The minimum absolute atomic E-state index is 0.0379. The van der Waals surface area contributed by atoms with E-state index in [-0.39, 0.29) is 30.7 Å². The predicted octanol–water partition coefficient (Wildman–Crippen LogP) is 0.761. The summed E-state index contributed by atoms with van der Waals surface area (Å²) in [6.07, 6.45) is -2.22. The third-order valence-corrected chi connectivity index (χ3v) is 6.98.